The summed E-state index contributed by atoms with van der Waals surface area (Å²) < 4.78 is 5.74. The van der Waals surface area contributed by atoms with Gasteiger partial charge in [-0.2, -0.15) is 0 Å². The number of amides is 1. The summed E-state index contributed by atoms with van der Waals surface area (Å²) in [5.74, 6) is 0.495. The fourth-order valence-electron chi connectivity index (χ4n) is 3.64. The number of fused-ring (bicyclic) bond motifs is 1. The summed E-state index contributed by atoms with van der Waals surface area (Å²) in [7, 11) is 0. The van der Waals surface area contributed by atoms with Crippen LogP contribution in [0.4, 0.5) is 0 Å². The molecule has 1 amide bonds. The Bertz CT molecular complexity index is 874. The second-order valence-electron chi connectivity index (χ2n) is 6.72. The number of benzene rings is 1. The Morgan fingerprint density at radius 1 is 1.28 bits per heavy atom. The lowest BCUT2D eigenvalue weighted by Crippen LogP contribution is -2.43. The monoisotopic (exact) mass is 339 g/mol. The number of rotatable bonds is 2. The highest BCUT2D eigenvalue weighted by Crippen LogP contribution is 2.25. The number of aromatic nitrogens is 2. The first-order valence-electron chi connectivity index (χ1n) is 8.71. The van der Waals surface area contributed by atoms with Gasteiger partial charge in [-0.05, 0) is 49.4 Å². The highest BCUT2D eigenvalue weighted by molar-refractivity contribution is 5.94. The van der Waals surface area contributed by atoms with Crippen LogP contribution in [0, 0.1) is 6.92 Å². The number of carbonyl (C=O) groups excluding carboxylic acids is 1. The second-order valence-corrected chi connectivity index (χ2v) is 6.72. The van der Waals surface area contributed by atoms with Crippen molar-refractivity contribution in [2.75, 3.05) is 19.7 Å². The summed E-state index contributed by atoms with van der Waals surface area (Å²) in [6.07, 6.45) is 2.92. The third-order valence-corrected chi connectivity index (χ3v) is 4.89. The van der Waals surface area contributed by atoms with E-state index in [-0.39, 0.29) is 11.5 Å². The van der Waals surface area contributed by atoms with Gasteiger partial charge in [0.15, 0.2) is 0 Å². The van der Waals surface area contributed by atoms with Crippen LogP contribution in [0.3, 0.4) is 0 Å². The maximum absolute atomic E-state index is 12.9. The molecular weight excluding hydrogens is 318 g/mol. The Hall–Kier alpha value is -2.47. The summed E-state index contributed by atoms with van der Waals surface area (Å²) in [5, 5.41) is 0. The highest BCUT2D eigenvalue weighted by Gasteiger charge is 2.28. The van der Waals surface area contributed by atoms with Crippen molar-refractivity contribution in [3.63, 3.8) is 0 Å². The van der Waals surface area contributed by atoms with Crippen LogP contribution in [-0.4, -0.2) is 40.5 Å². The first kappa shape index (κ1) is 16.0. The van der Waals surface area contributed by atoms with Crippen molar-refractivity contribution in [2.24, 2.45) is 0 Å². The van der Waals surface area contributed by atoms with Crippen LogP contribution in [0.15, 0.2) is 29.1 Å². The Balaban J connectivity index is 1.54. The van der Waals surface area contributed by atoms with E-state index in [2.05, 4.69) is 16.0 Å². The highest BCUT2D eigenvalue weighted by atomic mass is 16.5. The maximum atomic E-state index is 12.9. The first-order chi connectivity index (χ1) is 12.1. The zero-order valence-electron chi connectivity index (χ0n) is 14.2. The van der Waals surface area contributed by atoms with Gasteiger partial charge in [0, 0.05) is 23.9 Å². The molecule has 6 heteroatoms. The van der Waals surface area contributed by atoms with Crippen LogP contribution in [0.5, 0.6) is 0 Å². The van der Waals surface area contributed by atoms with E-state index < -0.39 is 6.10 Å². The summed E-state index contributed by atoms with van der Waals surface area (Å²) in [6.45, 7) is 3.14. The van der Waals surface area contributed by atoms with Crippen LogP contribution in [0.25, 0.3) is 0 Å². The Kier molecular flexibility index (Phi) is 4.13. The molecule has 25 heavy (non-hydrogen) atoms. The summed E-state index contributed by atoms with van der Waals surface area (Å²) >= 11 is 0. The fourth-order valence-corrected chi connectivity index (χ4v) is 3.64. The number of morpholine rings is 1. The minimum Gasteiger partial charge on any atom is -0.367 e. The van der Waals surface area contributed by atoms with E-state index in [0.717, 1.165) is 18.4 Å². The van der Waals surface area contributed by atoms with Crippen LogP contribution in [-0.2, 0) is 17.6 Å². The number of hydrogen-bond acceptors (Lipinski definition) is 4. The molecule has 1 saturated heterocycles. The fraction of sp³-hybridized carbons (Fsp3) is 0.421. The lowest BCUT2D eigenvalue weighted by atomic mass is 10.1. The second kappa shape index (κ2) is 6.44. The molecule has 1 aliphatic heterocycles. The summed E-state index contributed by atoms with van der Waals surface area (Å²) in [5.41, 5.74) is 3.82. The van der Waals surface area contributed by atoms with Gasteiger partial charge in [-0.3, -0.25) is 9.59 Å². The van der Waals surface area contributed by atoms with E-state index in [1.54, 1.807) is 11.8 Å². The minimum absolute atomic E-state index is 0.0120. The number of aryl methyl sites for hydroxylation is 3. The van der Waals surface area contributed by atoms with Gasteiger partial charge >= 0.3 is 0 Å². The van der Waals surface area contributed by atoms with E-state index in [9.17, 15) is 9.59 Å². The molecule has 1 unspecified atom stereocenters. The molecule has 0 radical (unpaired) electrons. The van der Waals surface area contributed by atoms with Crippen molar-refractivity contribution in [1.29, 1.82) is 0 Å². The zero-order chi connectivity index (χ0) is 17.4. The average molecular weight is 339 g/mol. The van der Waals surface area contributed by atoms with Crippen LogP contribution < -0.4 is 5.56 Å². The molecule has 0 saturated carbocycles. The molecule has 0 spiro atoms. The molecule has 130 valence electrons. The van der Waals surface area contributed by atoms with Crippen molar-refractivity contribution < 1.29 is 9.53 Å². The molecule has 2 aliphatic rings. The van der Waals surface area contributed by atoms with Gasteiger partial charge in [0.2, 0.25) is 0 Å². The predicted molar refractivity (Wildman–Crippen MR) is 92.7 cm³/mol. The molecule has 2 heterocycles. The van der Waals surface area contributed by atoms with Gasteiger partial charge in [-0.15, -0.1) is 0 Å². The van der Waals surface area contributed by atoms with Crippen LogP contribution in [0.2, 0.25) is 0 Å². The van der Waals surface area contributed by atoms with Crippen molar-refractivity contribution in [2.45, 2.75) is 32.3 Å². The number of H-pyrrole nitrogens is 1. The van der Waals surface area contributed by atoms with Crippen molar-refractivity contribution in [3.05, 3.63) is 62.8 Å². The van der Waals surface area contributed by atoms with Crippen molar-refractivity contribution in [3.8, 4) is 0 Å². The number of aromatic amines is 1. The molecule has 4 rings (SSSR count). The van der Waals surface area contributed by atoms with Gasteiger partial charge in [-0.25, -0.2) is 4.98 Å². The molecule has 1 aromatic carbocycles. The molecule has 1 aromatic heterocycles. The Labute approximate surface area is 145 Å². The quantitative estimate of drug-likeness (QED) is 0.905. The first-order valence-corrected chi connectivity index (χ1v) is 8.71. The predicted octanol–water partition coefficient (Wildman–Crippen LogP) is 1.78. The Morgan fingerprint density at radius 2 is 2.12 bits per heavy atom. The molecule has 2 aromatic rings. The number of carbonyl (C=O) groups is 1. The molecular formula is C19H21N3O3. The van der Waals surface area contributed by atoms with Crippen LogP contribution >= 0.6 is 0 Å². The topological polar surface area (TPSA) is 75.3 Å². The zero-order valence-corrected chi connectivity index (χ0v) is 14.2. The van der Waals surface area contributed by atoms with Gasteiger partial charge in [0.05, 0.1) is 13.2 Å². The number of ether oxygens (including phenoxy) is 1. The smallest absolute Gasteiger partial charge is 0.254 e. The van der Waals surface area contributed by atoms with Gasteiger partial charge in [0.25, 0.3) is 11.5 Å². The minimum atomic E-state index is -0.403. The molecule has 1 aliphatic carbocycles. The lowest BCUT2D eigenvalue weighted by Gasteiger charge is -2.32. The van der Waals surface area contributed by atoms with E-state index in [1.807, 2.05) is 12.1 Å². The summed E-state index contributed by atoms with van der Waals surface area (Å²) in [4.78, 5) is 33.4. The van der Waals surface area contributed by atoms with Gasteiger partial charge < -0.3 is 14.6 Å². The molecule has 1 atom stereocenters. The van der Waals surface area contributed by atoms with Gasteiger partial charge in [0.1, 0.15) is 11.9 Å². The normalized spacial score (nSPS) is 19.7. The van der Waals surface area contributed by atoms with Crippen LogP contribution in [0.1, 0.15) is 45.5 Å². The third-order valence-electron chi connectivity index (χ3n) is 4.89. The third kappa shape index (κ3) is 3.22. The van der Waals surface area contributed by atoms with E-state index >= 15 is 0 Å². The molecule has 1 fully saturated rings. The van der Waals surface area contributed by atoms with Crippen molar-refractivity contribution in [1.82, 2.24) is 14.9 Å². The standard InChI is InChI=1S/C19H21N3O3/c1-12-9-17(23)21-18(20-12)16-11-22(7-8-25-16)19(24)15-6-5-13-3-2-4-14(13)10-15/h5-6,9-10,16H,2-4,7-8,11H2,1H3,(H,20,21,23). The molecule has 6 nitrogen and oxygen atoms in total. The van der Waals surface area contributed by atoms with Gasteiger partial charge in [-0.1, -0.05) is 6.07 Å². The van der Waals surface area contributed by atoms with E-state index in [1.165, 1.54) is 23.6 Å². The number of nitrogens with one attached hydrogen (secondary N) is 1. The van der Waals surface area contributed by atoms with E-state index in [4.69, 9.17) is 4.74 Å². The SMILES string of the molecule is Cc1cc(=O)[nH]c(C2CN(C(=O)c3ccc4c(c3)CCC4)CCO2)n1. The average Bonchev–Trinajstić information content (AvgIpc) is 3.08. The van der Waals surface area contributed by atoms with E-state index in [0.29, 0.717) is 31.2 Å². The maximum Gasteiger partial charge on any atom is 0.254 e. The number of hydrogen-bond donors (Lipinski definition) is 1. The number of nitrogens with zero attached hydrogens (tertiary/aromatic N) is 2. The van der Waals surface area contributed by atoms with Crippen molar-refractivity contribution >= 4 is 5.91 Å². The molecule has 1 N–H and O–H groups in total. The Morgan fingerprint density at radius 3 is 2.96 bits per heavy atom. The largest absolute Gasteiger partial charge is 0.367 e. The molecule has 0 bridgehead atoms. The lowest BCUT2D eigenvalue weighted by molar-refractivity contribution is -0.0269. The summed E-state index contributed by atoms with van der Waals surface area (Å²) in [6, 6.07) is 7.47.